The number of nitrogens with one attached hydrogen (secondary N) is 7. The van der Waals surface area contributed by atoms with Crippen molar-refractivity contribution in [1.29, 1.82) is 0 Å². The topological polar surface area (TPSA) is 391 Å². The van der Waals surface area contributed by atoms with Crippen molar-refractivity contribution in [2.24, 2.45) is 17.4 Å². The highest BCUT2D eigenvalue weighted by molar-refractivity contribution is 6.00. The van der Waals surface area contributed by atoms with Crippen LogP contribution in [0.15, 0.2) is 91.0 Å². The van der Waals surface area contributed by atoms with Crippen LogP contribution in [-0.2, 0) is 76.8 Å². The predicted molar refractivity (Wildman–Crippen MR) is 318 cm³/mol. The van der Waals surface area contributed by atoms with Gasteiger partial charge in [-0.3, -0.25) is 57.5 Å². The molecule has 0 spiro atoms. The van der Waals surface area contributed by atoms with Crippen LogP contribution in [-0.4, -0.2) is 188 Å². The maximum Gasteiger partial charge on any atom is 0.305 e. The molecule has 0 radical (unpaired) electrons. The summed E-state index contributed by atoms with van der Waals surface area (Å²) in [6, 6.07) is 12.5. The lowest BCUT2D eigenvalue weighted by Crippen LogP contribution is -2.61. The van der Waals surface area contributed by atoms with E-state index in [1.165, 1.54) is 28.5 Å². The Morgan fingerprint density at radius 2 is 1.08 bits per heavy atom. The van der Waals surface area contributed by atoms with Crippen LogP contribution < -0.4 is 48.7 Å². The summed E-state index contributed by atoms with van der Waals surface area (Å²) in [7, 11) is 0. The summed E-state index contributed by atoms with van der Waals surface area (Å²) in [5, 5.41) is 38.8. The molecule has 4 fully saturated rings. The first kappa shape index (κ1) is 66.7. The maximum atomic E-state index is 14.7. The summed E-state index contributed by atoms with van der Waals surface area (Å²) in [4.78, 5) is 169. The van der Waals surface area contributed by atoms with E-state index in [1.807, 2.05) is 30.3 Å². The molecule has 0 saturated carbocycles. The summed E-state index contributed by atoms with van der Waals surface area (Å²) in [6.07, 6.45) is 0.0499. The Morgan fingerprint density at radius 1 is 0.557 bits per heavy atom. The van der Waals surface area contributed by atoms with Gasteiger partial charge in [-0.05, 0) is 94.2 Å². The number of rotatable bonds is 27. The molecular weight excluding hydrogens is 1140 g/mol. The molecule has 7 rings (SSSR count). The van der Waals surface area contributed by atoms with Gasteiger partial charge in [0, 0.05) is 32.0 Å². The highest BCUT2D eigenvalue weighted by Crippen LogP contribution is 2.35. The van der Waals surface area contributed by atoms with Gasteiger partial charge >= 0.3 is 5.97 Å². The van der Waals surface area contributed by atoms with Gasteiger partial charge in [0.2, 0.25) is 65.0 Å². The fourth-order valence-electron chi connectivity index (χ4n) is 11.9. The number of hydrogen-bond donors (Lipinski definition) is 11. The summed E-state index contributed by atoms with van der Waals surface area (Å²) in [5.41, 5.74) is 14.1. The quantitative estimate of drug-likeness (QED) is 0.0418. The first-order valence-electron chi connectivity index (χ1n) is 30.0. The van der Waals surface area contributed by atoms with E-state index >= 15 is 0 Å². The number of benzene rings is 3. The summed E-state index contributed by atoms with van der Waals surface area (Å²) in [5.74, 6) is -10.2. The van der Waals surface area contributed by atoms with Gasteiger partial charge in [-0.2, -0.15) is 0 Å². The molecule has 0 bridgehead atoms. The van der Waals surface area contributed by atoms with Crippen molar-refractivity contribution in [2.45, 2.75) is 183 Å². The fourth-order valence-corrected chi connectivity index (χ4v) is 11.9. The molecule has 0 unspecified atom stereocenters. The maximum absolute atomic E-state index is 14.7. The second kappa shape index (κ2) is 30.7. The second-order valence-corrected chi connectivity index (χ2v) is 23.6. The van der Waals surface area contributed by atoms with Crippen LogP contribution in [0.2, 0.25) is 0 Å². The van der Waals surface area contributed by atoms with Crippen molar-refractivity contribution < 1.29 is 67.7 Å². The lowest BCUT2D eigenvalue weighted by Gasteiger charge is -2.39. The molecule has 474 valence electrons. The Kier molecular flexibility index (Phi) is 23.3. The molecule has 4 saturated heterocycles. The zero-order valence-corrected chi connectivity index (χ0v) is 49.9. The molecule has 88 heavy (non-hydrogen) atoms. The van der Waals surface area contributed by atoms with Crippen LogP contribution in [0, 0.1) is 5.92 Å². The Balaban J connectivity index is 0.965. The minimum atomic E-state index is -1.84. The van der Waals surface area contributed by atoms with E-state index in [0.717, 1.165) is 11.1 Å². The number of carboxylic acids is 1. The first-order chi connectivity index (χ1) is 41.9. The molecule has 0 aliphatic carbocycles. The highest BCUT2D eigenvalue weighted by atomic mass is 16.4. The van der Waals surface area contributed by atoms with Crippen molar-refractivity contribution in [3.05, 3.63) is 108 Å². The molecular formula is C62H82N12O14. The molecule has 4 aliphatic heterocycles. The summed E-state index contributed by atoms with van der Waals surface area (Å²) >= 11 is 0. The van der Waals surface area contributed by atoms with E-state index in [2.05, 4.69) is 37.2 Å². The van der Waals surface area contributed by atoms with E-state index < -0.39 is 162 Å². The van der Waals surface area contributed by atoms with Crippen LogP contribution >= 0.6 is 0 Å². The van der Waals surface area contributed by atoms with Gasteiger partial charge in [-0.1, -0.05) is 105 Å². The standard InChI is InChI=1S/C62H82N12O14/c1-34(2)50(70-54(80)41(63)29-37-17-8-5-9-18-37)62(88)73-28-16-26-47(73)58(84)71-51(36(4)75)59(85)68-44(33-49(76)77)56(82)69-45-32-40-23-14-24-48(74(40)60(45)86)61(87)72-27-15-25-46(72)57(83)67-43(31-39-21-12-7-13-22-39)55(81)65-35(3)53(79)66-42(52(64)78)30-38-19-10-6-11-20-38/h5-13,17-22,34-36,40-48,50-51,75H,14-16,23-33,63H2,1-4H3,(H2,64,78)(H,65,81)(H,66,79)(H,67,83)(H,68,85)(H,69,82)(H,70,80)(H,71,84)(H,76,77)/t35-,36-,40+,41-,42-,43-,44-,45-,46-,47+,48-,50-,51-/m0/s1. The largest absolute Gasteiger partial charge is 0.481 e. The van der Waals surface area contributed by atoms with Gasteiger partial charge in [0.05, 0.1) is 18.6 Å². The zero-order valence-electron chi connectivity index (χ0n) is 49.9. The van der Waals surface area contributed by atoms with E-state index in [0.29, 0.717) is 31.2 Å². The van der Waals surface area contributed by atoms with E-state index in [-0.39, 0.29) is 58.0 Å². The molecule has 4 aliphatic rings. The van der Waals surface area contributed by atoms with Crippen molar-refractivity contribution >= 4 is 70.9 Å². The average molecular weight is 1220 g/mol. The van der Waals surface area contributed by atoms with Gasteiger partial charge in [0.1, 0.15) is 60.4 Å². The lowest BCUT2D eigenvalue weighted by atomic mass is 9.95. The number of piperidine rings is 1. The number of primary amides is 1. The van der Waals surface area contributed by atoms with Crippen molar-refractivity contribution in [1.82, 2.24) is 51.9 Å². The Labute approximate surface area is 510 Å². The number of fused-ring (bicyclic) bond motifs is 1. The molecule has 11 amide bonds. The normalized spacial score (nSPS) is 21.6. The van der Waals surface area contributed by atoms with Gasteiger partial charge in [-0.15, -0.1) is 0 Å². The van der Waals surface area contributed by atoms with Gasteiger partial charge < -0.3 is 73.6 Å². The van der Waals surface area contributed by atoms with Crippen LogP contribution in [0.4, 0.5) is 0 Å². The lowest BCUT2D eigenvalue weighted by molar-refractivity contribution is -0.150. The second-order valence-electron chi connectivity index (χ2n) is 23.6. The van der Waals surface area contributed by atoms with E-state index in [4.69, 9.17) is 11.5 Å². The minimum absolute atomic E-state index is 0.00129. The number of carbonyl (C=O) groups excluding carboxylic acids is 11. The van der Waals surface area contributed by atoms with E-state index in [1.54, 1.807) is 74.5 Å². The molecule has 3 aromatic carbocycles. The number of nitrogens with two attached hydrogens (primary N) is 2. The van der Waals surface area contributed by atoms with Crippen LogP contribution in [0.25, 0.3) is 0 Å². The number of hydrogen-bond acceptors (Lipinski definition) is 14. The van der Waals surface area contributed by atoms with Crippen LogP contribution in [0.1, 0.15) is 102 Å². The molecule has 13 atom stereocenters. The molecule has 3 aromatic rings. The monoisotopic (exact) mass is 1220 g/mol. The number of carboxylic acid groups (broad SMARTS) is 1. The number of amides is 11. The number of carbonyl (C=O) groups is 12. The third kappa shape index (κ3) is 17.3. The molecule has 0 aromatic heterocycles. The van der Waals surface area contributed by atoms with Crippen LogP contribution in [0.3, 0.4) is 0 Å². The summed E-state index contributed by atoms with van der Waals surface area (Å²) in [6.45, 7) is 6.31. The third-order valence-electron chi connectivity index (χ3n) is 16.6. The van der Waals surface area contributed by atoms with Crippen molar-refractivity contribution in [2.75, 3.05) is 13.1 Å². The third-order valence-corrected chi connectivity index (χ3v) is 16.6. The summed E-state index contributed by atoms with van der Waals surface area (Å²) < 4.78 is 0. The predicted octanol–water partition coefficient (Wildman–Crippen LogP) is -1.41. The fraction of sp³-hybridized carbons (Fsp3) is 0.516. The van der Waals surface area contributed by atoms with Gasteiger partial charge in [0.25, 0.3) is 0 Å². The number of nitrogens with zero attached hydrogens (tertiary/aromatic N) is 3. The minimum Gasteiger partial charge on any atom is -0.481 e. The van der Waals surface area contributed by atoms with Gasteiger partial charge in [-0.25, -0.2) is 0 Å². The Bertz CT molecular complexity index is 3030. The van der Waals surface area contributed by atoms with Gasteiger partial charge in [0.15, 0.2) is 0 Å². The number of aliphatic hydroxyl groups excluding tert-OH is 1. The number of likely N-dealkylation sites (tertiary alicyclic amines) is 2. The Morgan fingerprint density at radius 3 is 1.64 bits per heavy atom. The van der Waals surface area contributed by atoms with Crippen molar-refractivity contribution in [3.8, 4) is 0 Å². The average Bonchev–Trinajstić information content (AvgIpc) is 1.89. The smallest absolute Gasteiger partial charge is 0.305 e. The molecule has 26 heteroatoms. The zero-order chi connectivity index (χ0) is 63.9. The highest BCUT2D eigenvalue weighted by Gasteiger charge is 2.51. The first-order valence-corrected chi connectivity index (χ1v) is 30.0. The molecule has 26 nitrogen and oxygen atoms in total. The molecule has 4 heterocycles. The molecule has 13 N–H and O–H groups in total. The Hall–Kier alpha value is -8.78. The van der Waals surface area contributed by atoms with E-state index in [9.17, 15) is 67.7 Å². The van der Waals surface area contributed by atoms with Crippen molar-refractivity contribution in [3.63, 3.8) is 0 Å². The SMILES string of the molecule is CC(C)[C@H](NC(=O)[C@@H](N)Cc1ccccc1)C(=O)N1CCC[C@@H]1C(=O)N[C@H](C(=O)N[C@@H](CC(=O)O)C(=O)N[C@H]1C[C@H]2CCC[C@@H](C(=O)N3CCC[C@H]3C(=O)N[C@@H](Cc3ccccc3)C(=O)N[C@@H](C)C(=O)N[C@@H](Cc3ccccc3)C(N)=O)N2C1=O)[C@H](C)O. The number of aliphatic hydroxyl groups is 1. The van der Waals surface area contributed by atoms with Crippen LogP contribution in [0.5, 0.6) is 0 Å². The number of aliphatic carboxylic acids is 1.